The number of ketones is 1. The third-order valence-corrected chi connectivity index (χ3v) is 13.0. The first-order valence-electron chi connectivity index (χ1n) is 14.8. The number of methoxy groups -OCH3 is 2. The number of nitrogens with zero attached hydrogens (tertiary/aromatic N) is 1. The van der Waals surface area contributed by atoms with Crippen LogP contribution in [0.25, 0.3) is 0 Å². The average Bonchev–Trinajstić information content (AvgIpc) is 2.90. The van der Waals surface area contributed by atoms with Crippen molar-refractivity contribution >= 4 is 17.7 Å². The topological polar surface area (TPSA) is 114 Å². The number of rotatable bonds is 2. The van der Waals surface area contributed by atoms with Gasteiger partial charge in [0.1, 0.15) is 11.2 Å². The molecule has 0 saturated heterocycles. The van der Waals surface area contributed by atoms with Gasteiger partial charge < -0.3 is 14.6 Å². The first kappa shape index (κ1) is 28.9. The minimum absolute atomic E-state index is 0.0188. The highest BCUT2D eigenvalue weighted by molar-refractivity contribution is 5.96. The molecule has 5 rings (SSSR count). The molecular weight excluding hydrogens is 506 g/mol. The number of carbonyl (C=O) groups excluding carboxylic acids is 3. The van der Waals surface area contributed by atoms with E-state index in [2.05, 4.69) is 40.7 Å². The van der Waals surface area contributed by atoms with E-state index >= 15 is 0 Å². The summed E-state index contributed by atoms with van der Waals surface area (Å²) in [6.45, 7) is 12.7. The molecule has 7 nitrogen and oxygen atoms in total. The van der Waals surface area contributed by atoms with Crippen molar-refractivity contribution in [2.45, 2.75) is 92.9 Å². The van der Waals surface area contributed by atoms with E-state index < -0.39 is 27.6 Å². The molecule has 0 aromatic rings. The Morgan fingerprint density at radius 2 is 1.60 bits per heavy atom. The summed E-state index contributed by atoms with van der Waals surface area (Å²) in [6.07, 6.45) is 7.34. The van der Waals surface area contributed by atoms with Crippen LogP contribution < -0.4 is 0 Å². The maximum atomic E-state index is 14.5. The van der Waals surface area contributed by atoms with Crippen LogP contribution in [0.15, 0.2) is 23.0 Å². The predicted molar refractivity (Wildman–Crippen MR) is 148 cm³/mol. The van der Waals surface area contributed by atoms with Gasteiger partial charge in [0, 0.05) is 5.92 Å². The van der Waals surface area contributed by atoms with E-state index in [1.165, 1.54) is 14.2 Å². The molecule has 0 aliphatic heterocycles. The Kier molecular flexibility index (Phi) is 6.28. The minimum atomic E-state index is -1.38. The molecule has 0 amide bonds. The van der Waals surface area contributed by atoms with Gasteiger partial charge in [0.25, 0.3) is 0 Å². The second-order valence-electron chi connectivity index (χ2n) is 15.1. The number of ether oxygens (including phenoxy) is 2. The summed E-state index contributed by atoms with van der Waals surface area (Å²) >= 11 is 0. The molecule has 1 unspecified atom stereocenters. The van der Waals surface area contributed by atoms with Crippen LogP contribution >= 0.6 is 0 Å². The zero-order valence-corrected chi connectivity index (χ0v) is 25.4. The normalized spacial score (nSPS) is 45.5. The monoisotopic (exact) mass is 551 g/mol. The standard InChI is InChI=1S/C33H45NO6/c1-28(2)11-13-33(27(38)40-8)14-12-31(5)24(20(33)17-28)21(35)15-23-29(3)16-19(18-34)25(36)32(6,26(37)39-7)22(29)9-10-30(23,31)4/h15,20,22,24,36H,9-14,16-17H2,1-8H3/t20-,22?,24-,29-,30+,31+,32+,33-/m0/s1. The highest BCUT2D eigenvalue weighted by Crippen LogP contribution is 2.75. The predicted octanol–water partition coefficient (Wildman–Crippen LogP) is 6.24. The minimum Gasteiger partial charge on any atom is -0.510 e. The third-order valence-electron chi connectivity index (χ3n) is 13.0. The summed E-state index contributed by atoms with van der Waals surface area (Å²) in [7, 11) is 2.77. The second kappa shape index (κ2) is 8.69. The number of hydrogen-bond donors (Lipinski definition) is 1. The lowest BCUT2D eigenvalue weighted by molar-refractivity contribution is -0.192. The van der Waals surface area contributed by atoms with E-state index in [-0.39, 0.29) is 58.1 Å². The molecule has 1 N–H and O–H groups in total. The van der Waals surface area contributed by atoms with Crippen molar-refractivity contribution in [3.05, 3.63) is 23.0 Å². The van der Waals surface area contributed by atoms with Crippen molar-refractivity contribution in [1.82, 2.24) is 0 Å². The molecular formula is C33H45NO6. The number of fused-ring (bicyclic) bond motifs is 7. The zero-order valence-electron chi connectivity index (χ0n) is 25.4. The summed E-state index contributed by atoms with van der Waals surface area (Å²) < 4.78 is 10.6. The van der Waals surface area contributed by atoms with Gasteiger partial charge in [0.05, 0.1) is 31.3 Å². The van der Waals surface area contributed by atoms with Crippen LogP contribution in [0.1, 0.15) is 92.9 Å². The van der Waals surface area contributed by atoms with E-state index in [1.807, 2.05) is 6.08 Å². The molecule has 3 fully saturated rings. The van der Waals surface area contributed by atoms with Crippen molar-refractivity contribution < 1.29 is 29.0 Å². The van der Waals surface area contributed by atoms with Crippen LogP contribution in [0.4, 0.5) is 0 Å². The molecule has 218 valence electrons. The lowest BCUT2D eigenvalue weighted by Crippen LogP contribution is -2.66. The van der Waals surface area contributed by atoms with Gasteiger partial charge in [-0.3, -0.25) is 14.4 Å². The Morgan fingerprint density at radius 3 is 2.20 bits per heavy atom. The van der Waals surface area contributed by atoms with Crippen molar-refractivity contribution in [3.63, 3.8) is 0 Å². The average molecular weight is 552 g/mol. The van der Waals surface area contributed by atoms with Crippen molar-refractivity contribution in [1.29, 1.82) is 5.26 Å². The maximum absolute atomic E-state index is 14.5. The Labute approximate surface area is 238 Å². The Morgan fingerprint density at radius 1 is 0.975 bits per heavy atom. The molecule has 3 saturated carbocycles. The van der Waals surface area contributed by atoms with Gasteiger partial charge in [0.15, 0.2) is 5.78 Å². The number of esters is 2. The van der Waals surface area contributed by atoms with Gasteiger partial charge in [-0.2, -0.15) is 5.26 Å². The van der Waals surface area contributed by atoms with Gasteiger partial charge in [-0.05, 0) is 97.9 Å². The molecule has 0 aromatic carbocycles. The molecule has 0 heterocycles. The zero-order chi connectivity index (χ0) is 29.7. The number of aliphatic hydroxyl groups is 1. The fourth-order valence-corrected chi connectivity index (χ4v) is 10.6. The molecule has 0 spiro atoms. The first-order chi connectivity index (χ1) is 18.5. The van der Waals surface area contributed by atoms with Crippen LogP contribution in [0, 0.1) is 61.6 Å². The van der Waals surface area contributed by atoms with E-state index in [9.17, 15) is 24.8 Å². The molecule has 5 aliphatic rings. The van der Waals surface area contributed by atoms with Crippen molar-refractivity contribution in [2.24, 2.45) is 50.2 Å². The lowest BCUT2D eigenvalue weighted by atomic mass is 9.34. The molecule has 5 aliphatic carbocycles. The molecule has 0 radical (unpaired) electrons. The van der Waals surface area contributed by atoms with E-state index in [0.29, 0.717) is 12.8 Å². The highest BCUT2D eigenvalue weighted by Gasteiger charge is 2.72. The lowest BCUT2D eigenvalue weighted by Gasteiger charge is -2.69. The maximum Gasteiger partial charge on any atom is 0.319 e. The second-order valence-corrected chi connectivity index (χ2v) is 15.1. The SMILES string of the molecule is COC(=O)[C@@]1(C)C(O)=C(C#N)C[C@]2(C)C3=CC(=O)[C@@H]4[C@@H]5CC(C)(C)CC[C@]5(C(=O)OC)CC[C@@]4(C)[C@]3(C)CCC12. The van der Waals surface area contributed by atoms with E-state index in [1.54, 1.807) is 6.92 Å². The van der Waals surface area contributed by atoms with Crippen molar-refractivity contribution in [2.75, 3.05) is 14.2 Å². The Bertz CT molecular complexity index is 1290. The fraction of sp³-hybridized carbons (Fsp3) is 0.758. The van der Waals surface area contributed by atoms with E-state index in [0.717, 1.165) is 37.7 Å². The van der Waals surface area contributed by atoms with Crippen LogP contribution in [0.2, 0.25) is 0 Å². The van der Waals surface area contributed by atoms with Gasteiger partial charge in [0.2, 0.25) is 0 Å². The van der Waals surface area contributed by atoms with Crippen LogP contribution in [0.3, 0.4) is 0 Å². The number of hydrogen-bond acceptors (Lipinski definition) is 7. The van der Waals surface area contributed by atoms with Crippen LogP contribution in [-0.4, -0.2) is 37.0 Å². The molecule has 7 heteroatoms. The number of allylic oxidation sites excluding steroid dienone is 3. The summed E-state index contributed by atoms with van der Waals surface area (Å²) in [5, 5.41) is 21.2. The number of carbonyl (C=O) groups is 3. The largest absolute Gasteiger partial charge is 0.510 e. The summed E-state index contributed by atoms with van der Waals surface area (Å²) in [6, 6.07) is 2.16. The number of aliphatic hydroxyl groups excluding tert-OH is 1. The highest BCUT2D eigenvalue weighted by atomic mass is 16.5. The first-order valence-corrected chi connectivity index (χ1v) is 14.8. The van der Waals surface area contributed by atoms with E-state index in [4.69, 9.17) is 9.47 Å². The van der Waals surface area contributed by atoms with Gasteiger partial charge >= 0.3 is 11.9 Å². The summed E-state index contributed by atoms with van der Waals surface area (Å²) in [4.78, 5) is 41.2. The Balaban J connectivity index is 1.70. The van der Waals surface area contributed by atoms with Gasteiger partial charge in [-0.25, -0.2) is 0 Å². The fourth-order valence-electron chi connectivity index (χ4n) is 10.6. The van der Waals surface area contributed by atoms with Crippen LogP contribution in [-0.2, 0) is 23.9 Å². The summed E-state index contributed by atoms with van der Waals surface area (Å²) in [5.41, 5.74) is -2.33. The molecule has 0 bridgehead atoms. The Hall–Kier alpha value is -2.62. The van der Waals surface area contributed by atoms with Crippen LogP contribution in [0.5, 0.6) is 0 Å². The molecule has 40 heavy (non-hydrogen) atoms. The smallest absolute Gasteiger partial charge is 0.319 e. The molecule has 8 atom stereocenters. The van der Waals surface area contributed by atoms with Crippen molar-refractivity contribution in [3.8, 4) is 6.07 Å². The quantitative estimate of drug-likeness (QED) is 0.404. The molecule has 0 aromatic heterocycles. The summed E-state index contributed by atoms with van der Waals surface area (Å²) in [5.74, 6) is -1.66. The third kappa shape index (κ3) is 3.31. The van der Waals surface area contributed by atoms with Gasteiger partial charge in [-0.1, -0.05) is 40.2 Å². The van der Waals surface area contributed by atoms with Gasteiger partial charge in [-0.15, -0.1) is 0 Å². The number of nitriles is 1.